The second-order valence-electron chi connectivity index (χ2n) is 4.02. The second kappa shape index (κ2) is 4.03. The van der Waals surface area contributed by atoms with Crippen LogP contribution in [0.3, 0.4) is 0 Å². The largest absolute Gasteiger partial charge is 0.460 e. The molecule has 0 aliphatic heterocycles. The van der Waals surface area contributed by atoms with Crippen molar-refractivity contribution in [1.29, 1.82) is 0 Å². The van der Waals surface area contributed by atoms with Crippen molar-refractivity contribution in [2.24, 2.45) is 5.41 Å². The van der Waals surface area contributed by atoms with Crippen molar-refractivity contribution in [2.45, 2.75) is 19.4 Å². The Morgan fingerprint density at radius 1 is 1.33 bits per heavy atom. The topological polar surface area (TPSA) is 50.1 Å². The lowest BCUT2D eigenvalue weighted by molar-refractivity contribution is -0.151. The number of nitrogens with one attached hydrogen (secondary N) is 1. The van der Waals surface area contributed by atoms with Gasteiger partial charge in [0.1, 0.15) is 6.61 Å². The van der Waals surface area contributed by atoms with Crippen molar-refractivity contribution in [2.75, 3.05) is 6.54 Å². The van der Waals surface area contributed by atoms with Gasteiger partial charge in [-0.1, -0.05) is 30.3 Å². The van der Waals surface area contributed by atoms with Crippen molar-refractivity contribution in [3.05, 3.63) is 35.9 Å². The zero-order chi connectivity index (χ0) is 10.7. The van der Waals surface area contributed by atoms with Crippen molar-refractivity contribution >= 4 is 5.97 Å². The summed E-state index contributed by atoms with van der Waals surface area (Å²) in [5, 5.41) is 0. The van der Waals surface area contributed by atoms with E-state index >= 15 is 0 Å². The number of hydrogen-bond donors (Lipinski definition) is 0. The molecule has 0 unspecified atom stereocenters. The standard InChI is InChI=1S/C12H14NO2/c13-9-12(6-7-12)11(14)15-8-10-4-2-1-3-5-10/h1-5,13H,6-9H2. The zero-order valence-electron chi connectivity index (χ0n) is 8.53. The van der Waals surface area contributed by atoms with Crippen LogP contribution in [0.1, 0.15) is 18.4 Å². The molecule has 0 amide bonds. The van der Waals surface area contributed by atoms with Crippen LogP contribution in [-0.2, 0) is 16.1 Å². The number of carbonyl (C=O) groups is 1. The summed E-state index contributed by atoms with van der Waals surface area (Å²) in [5.41, 5.74) is 7.81. The van der Waals surface area contributed by atoms with Crippen LogP contribution in [0.5, 0.6) is 0 Å². The molecule has 0 heterocycles. The molecule has 3 heteroatoms. The minimum atomic E-state index is -0.464. The molecule has 1 aliphatic rings. The number of benzene rings is 1. The maximum absolute atomic E-state index is 11.6. The van der Waals surface area contributed by atoms with E-state index < -0.39 is 5.41 Å². The number of esters is 1. The van der Waals surface area contributed by atoms with Gasteiger partial charge in [0, 0.05) is 6.54 Å². The Hall–Kier alpha value is -1.35. The first-order valence-corrected chi connectivity index (χ1v) is 5.13. The Labute approximate surface area is 89.2 Å². The predicted molar refractivity (Wildman–Crippen MR) is 55.9 cm³/mol. The summed E-state index contributed by atoms with van der Waals surface area (Å²) in [4.78, 5) is 11.6. The monoisotopic (exact) mass is 204 g/mol. The first kappa shape index (κ1) is 10.2. The van der Waals surface area contributed by atoms with E-state index in [0.29, 0.717) is 6.61 Å². The first-order chi connectivity index (χ1) is 7.27. The fourth-order valence-electron chi connectivity index (χ4n) is 1.48. The Bertz CT molecular complexity index is 344. The molecule has 1 radical (unpaired) electrons. The van der Waals surface area contributed by atoms with E-state index in [9.17, 15) is 4.79 Å². The molecule has 1 aromatic carbocycles. The van der Waals surface area contributed by atoms with E-state index in [1.165, 1.54) is 0 Å². The third-order valence-electron chi connectivity index (χ3n) is 2.84. The highest BCUT2D eigenvalue weighted by Crippen LogP contribution is 2.46. The van der Waals surface area contributed by atoms with E-state index in [0.717, 1.165) is 18.4 Å². The molecular weight excluding hydrogens is 190 g/mol. The number of hydrogen-bond acceptors (Lipinski definition) is 2. The lowest BCUT2D eigenvalue weighted by Gasteiger charge is -2.11. The van der Waals surface area contributed by atoms with Crippen LogP contribution >= 0.6 is 0 Å². The third-order valence-corrected chi connectivity index (χ3v) is 2.84. The van der Waals surface area contributed by atoms with Gasteiger partial charge in [-0.25, -0.2) is 0 Å². The van der Waals surface area contributed by atoms with Crippen LogP contribution in [0, 0.1) is 5.41 Å². The van der Waals surface area contributed by atoms with Gasteiger partial charge in [-0.2, -0.15) is 0 Å². The molecule has 0 spiro atoms. The maximum atomic E-state index is 11.6. The molecule has 1 aliphatic carbocycles. The smallest absolute Gasteiger partial charge is 0.313 e. The molecule has 2 rings (SSSR count). The minimum absolute atomic E-state index is 0.153. The molecule has 1 aromatic rings. The molecule has 1 saturated carbocycles. The SMILES string of the molecule is [NH]CC1(C(=O)OCc2ccccc2)CC1. The third kappa shape index (κ3) is 2.18. The highest BCUT2D eigenvalue weighted by atomic mass is 16.5. The predicted octanol–water partition coefficient (Wildman–Crippen LogP) is 1.79. The molecule has 15 heavy (non-hydrogen) atoms. The fraction of sp³-hybridized carbons (Fsp3) is 0.417. The molecule has 3 nitrogen and oxygen atoms in total. The number of rotatable bonds is 4. The van der Waals surface area contributed by atoms with Crippen LogP contribution in [0.25, 0.3) is 0 Å². The van der Waals surface area contributed by atoms with Gasteiger partial charge in [-0.3, -0.25) is 10.5 Å². The average Bonchev–Trinajstić information content (AvgIpc) is 3.08. The maximum Gasteiger partial charge on any atom is 0.313 e. The summed E-state index contributed by atoms with van der Waals surface area (Å²) in [6.07, 6.45) is 1.62. The normalized spacial score (nSPS) is 17.1. The van der Waals surface area contributed by atoms with Crippen LogP contribution in [0.4, 0.5) is 0 Å². The van der Waals surface area contributed by atoms with Gasteiger partial charge in [0.2, 0.25) is 0 Å². The Kier molecular flexibility index (Phi) is 2.73. The van der Waals surface area contributed by atoms with Crippen molar-refractivity contribution in [3.63, 3.8) is 0 Å². The summed E-state index contributed by atoms with van der Waals surface area (Å²) in [6.45, 7) is 0.474. The Balaban J connectivity index is 1.86. The highest BCUT2D eigenvalue weighted by Gasteiger charge is 2.50. The second-order valence-corrected chi connectivity index (χ2v) is 4.02. The minimum Gasteiger partial charge on any atom is -0.460 e. The van der Waals surface area contributed by atoms with Gasteiger partial charge in [-0.15, -0.1) is 0 Å². The van der Waals surface area contributed by atoms with Crippen LogP contribution in [0.2, 0.25) is 0 Å². The highest BCUT2D eigenvalue weighted by molar-refractivity contribution is 5.80. The number of ether oxygens (including phenoxy) is 1. The van der Waals surface area contributed by atoms with Gasteiger partial charge < -0.3 is 4.74 Å². The van der Waals surface area contributed by atoms with Crippen LogP contribution in [-0.4, -0.2) is 12.5 Å². The van der Waals surface area contributed by atoms with Gasteiger partial charge in [0.15, 0.2) is 0 Å². The van der Waals surface area contributed by atoms with E-state index in [-0.39, 0.29) is 12.5 Å². The molecule has 1 fully saturated rings. The molecule has 79 valence electrons. The Morgan fingerprint density at radius 3 is 2.53 bits per heavy atom. The van der Waals surface area contributed by atoms with E-state index in [1.54, 1.807) is 0 Å². The van der Waals surface area contributed by atoms with Gasteiger partial charge >= 0.3 is 5.97 Å². The first-order valence-electron chi connectivity index (χ1n) is 5.13. The molecule has 1 N–H and O–H groups in total. The number of carbonyl (C=O) groups excluding carboxylic acids is 1. The summed E-state index contributed by atoms with van der Waals surface area (Å²) in [7, 11) is 0. The Morgan fingerprint density at radius 2 is 2.00 bits per heavy atom. The van der Waals surface area contributed by atoms with Gasteiger partial charge in [-0.05, 0) is 18.4 Å². The van der Waals surface area contributed by atoms with Crippen molar-refractivity contribution in [1.82, 2.24) is 5.73 Å². The lowest BCUT2D eigenvalue weighted by atomic mass is 10.1. The average molecular weight is 204 g/mol. The molecule has 0 bridgehead atoms. The van der Waals surface area contributed by atoms with E-state index in [4.69, 9.17) is 10.5 Å². The summed E-state index contributed by atoms with van der Waals surface area (Å²) < 4.78 is 5.19. The van der Waals surface area contributed by atoms with Gasteiger partial charge in [0.25, 0.3) is 0 Å². The zero-order valence-corrected chi connectivity index (χ0v) is 8.53. The fourth-order valence-corrected chi connectivity index (χ4v) is 1.48. The lowest BCUT2D eigenvalue weighted by Crippen LogP contribution is -2.23. The summed E-state index contributed by atoms with van der Waals surface area (Å²) in [5.74, 6) is -0.207. The van der Waals surface area contributed by atoms with Crippen molar-refractivity contribution < 1.29 is 9.53 Å². The van der Waals surface area contributed by atoms with E-state index in [1.807, 2.05) is 30.3 Å². The van der Waals surface area contributed by atoms with Crippen LogP contribution < -0.4 is 5.73 Å². The summed E-state index contributed by atoms with van der Waals surface area (Å²) in [6, 6.07) is 9.61. The quantitative estimate of drug-likeness (QED) is 0.702. The summed E-state index contributed by atoms with van der Waals surface area (Å²) >= 11 is 0. The molecule has 0 saturated heterocycles. The van der Waals surface area contributed by atoms with E-state index in [2.05, 4.69) is 0 Å². The van der Waals surface area contributed by atoms with Crippen molar-refractivity contribution in [3.8, 4) is 0 Å². The molecule has 0 aromatic heterocycles. The van der Waals surface area contributed by atoms with Crippen LogP contribution in [0.15, 0.2) is 30.3 Å². The molecule has 0 atom stereocenters. The van der Waals surface area contributed by atoms with Gasteiger partial charge in [0.05, 0.1) is 5.41 Å². The molecular formula is C12H14NO2.